The molecule has 1 atom stereocenters. The van der Waals surface area contributed by atoms with E-state index in [0.717, 1.165) is 23.7 Å². The number of nitrogens with zero attached hydrogens (tertiary/aromatic N) is 6. The van der Waals surface area contributed by atoms with E-state index >= 15 is 0 Å². The number of pyridine rings is 1. The minimum atomic E-state index is -4.42. The van der Waals surface area contributed by atoms with Crippen LogP contribution in [0.3, 0.4) is 0 Å². The molecule has 7 nitrogen and oxygen atoms in total. The highest BCUT2D eigenvalue weighted by atomic mass is 19.4. The minimum Gasteiger partial charge on any atom is -0.493 e. The van der Waals surface area contributed by atoms with Gasteiger partial charge in [-0.25, -0.2) is 19.6 Å². The number of ether oxygens (including phenoxy) is 1. The lowest BCUT2D eigenvalue weighted by molar-refractivity contribution is -0.138. The molecular weight excluding hydrogens is 457 g/mol. The molecule has 180 valence electrons. The molecule has 3 aromatic heterocycles. The van der Waals surface area contributed by atoms with E-state index in [9.17, 15) is 13.2 Å². The van der Waals surface area contributed by atoms with E-state index in [1.165, 1.54) is 12.1 Å². The van der Waals surface area contributed by atoms with Gasteiger partial charge in [-0.05, 0) is 55.2 Å². The Kier molecular flexibility index (Phi) is 5.88. The molecule has 0 spiro atoms. The van der Waals surface area contributed by atoms with Crippen molar-refractivity contribution in [2.75, 3.05) is 7.11 Å². The number of fused-ring (bicyclic) bond motifs is 1. The van der Waals surface area contributed by atoms with E-state index in [4.69, 9.17) is 4.74 Å². The maximum atomic E-state index is 13.6. The average Bonchev–Trinajstić information content (AvgIpc) is 3.47. The van der Waals surface area contributed by atoms with Gasteiger partial charge >= 0.3 is 6.18 Å². The highest BCUT2D eigenvalue weighted by molar-refractivity contribution is 5.67. The van der Waals surface area contributed by atoms with Gasteiger partial charge in [0.05, 0.1) is 18.4 Å². The van der Waals surface area contributed by atoms with Crippen molar-refractivity contribution in [2.24, 2.45) is 0 Å². The Hall–Kier alpha value is -3.95. The Morgan fingerprint density at radius 3 is 2.71 bits per heavy atom. The lowest BCUT2D eigenvalue weighted by atomic mass is 9.88. The number of aromatic nitrogens is 6. The second kappa shape index (κ2) is 9.01. The zero-order valence-corrected chi connectivity index (χ0v) is 19.2. The summed E-state index contributed by atoms with van der Waals surface area (Å²) < 4.78 is 49.8. The van der Waals surface area contributed by atoms with Gasteiger partial charge < -0.3 is 4.74 Å². The number of halogens is 3. The van der Waals surface area contributed by atoms with Crippen molar-refractivity contribution in [1.29, 1.82) is 0 Å². The molecule has 1 aliphatic heterocycles. The summed E-state index contributed by atoms with van der Waals surface area (Å²) in [5.41, 5.74) is 1.26. The molecule has 0 amide bonds. The second-order valence-corrected chi connectivity index (χ2v) is 8.38. The molecule has 0 N–H and O–H groups in total. The molecule has 0 radical (unpaired) electrons. The Morgan fingerprint density at radius 2 is 1.97 bits per heavy atom. The molecular formula is C25H23F3N6O. The molecule has 0 saturated heterocycles. The second-order valence-electron chi connectivity index (χ2n) is 8.38. The van der Waals surface area contributed by atoms with Gasteiger partial charge in [-0.3, -0.25) is 4.57 Å². The van der Waals surface area contributed by atoms with Crippen LogP contribution in [-0.4, -0.2) is 36.4 Å². The lowest BCUT2D eigenvalue weighted by Crippen LogP contribution is -2.21. The number of imidazole rings is 1. The molecule has 35 heavy (non-hydrogen) atoms. The van der Waals surface area contributed by atoms with Crippen LogP contribution in [0, 0.1) is 6.92 Å². The van der Waals surface area contributed by atoms with Gasteiger partial charge in [0.2, 0.25) is 0 Å². The monoisotopic (exact) mass is 480 g/mol. The first-order valence-electron chi connectivity index (χ1n) is 11.2. The van der Waals surface area contributed by atoms with Crippen LogP contribution >= 0.6 is 0 Å². The summed E-state index contributed by atoms with van der Waals surface area (Å²) in [6.45, 7) is 2.51. The minimum absolute atomic E-state index is 0.239. The summed E-state index contributed by atoms with van der Waals surface area (Å²) >= 11 is 0. The smallest absolute Gasteiger partial charge is 0.416 e. The Morgan fingerprint density at radius 1 is 1.14 bits per heavy atom. The normalized spacial score (nSPS) is 16.0. The summed E-state index contributed by atoms with van der Waals surface area (Å²) in [5, 5.41) is 4.52. The molecule has 1 aliphatic rings. The SMILES string of the molecule is COc1cc(C=Cc2nc3n(n2)CCC[C@@H]3c2ccccc2C(F)(F)F)cnc1-n1cnc(C)c1. The average molecular weight is 480 g/mol. The first-order valence-corrected chi connectivity index (χ1v) is 11.2. The lowest BCUT2D eigenvalue weighted by Gasteiger charge is -2.25. The van der Waals surface area contributed by atoms with Crippen LogP contribution < -0.4 is 4.74 Å². The van der Waals surface area contributed by atoms with Crippen molar-refractivity contribution in [3.05, 3.63) is 83.1 Å². The maximum Gasteiger partial charge on any atom is 0.416 e. The molecule has 0 fully saturated rings. The molecule has 1 aromatic carbocycles. The largest absolute Gasteiger partial charge is 0.493 e. The quantitative estimate of drug-likeness (QED) is 0.388. The van der Waals surface area contributed by atoms with E-state index < -0.39 is 17.7 Å². The van der Waals surface area contributed by atoms with Crippen molar-refractivity contribution in [2.45, 2.75) is 38.4 Å². The van der Waals surface area contributed by atoms with Crippen LogP contribution in [-0.2, 0) is 12.7 Å². The van der Waals surface area contributed by atoms with Crippen molar-refractivity contribution < 1.29 is 17.9 Å². The molecule has 0 aliphatic carbocycles. The Bertz CT molecular complexity index is 1390. The first kappa shape index (κ1) is 22.8. The molecule has 0 bridgehead atoms. The van der Waals surface area contributed by atoms with Crippen molar-refractivity contribution >= 4 is 12.2 Å². The van der Waals surface area contributed by atoms with Crippen LogP contribution in [0.5, 0.6) is 5.75 Å². The highest BCUT2D eigenvalue weighted by Gasteiger charge is 2.37. The number of alkyl halides is 3. The topological polar surface area (TPSA) is 70.7 Å². The summed E-state index contributed by atoms with van der Waals surface area (Å²) in [4.78, 5) is 13.3. The molecule has 0 saturated carbocycles. The van der Waals surface area contributed by atoms with Gasteiger partial charge in [0.25, 0.3) is 0 Å². The fraction of sp³-hybridized carbons (Fsp3) is 0.280. The third kappa shape index (κ3) is 4.55. The van der Waals surface area contributed by atoms with Gasteiger partial charge in [-0.1, -0.05) is 18.2 Å². The molecule has 4 aromatic rings. The predicted molar refractivity (Wildman–Crippen MR) is 124 cm³/mol. The number of aryl methyl sites for hydroxylation is 2. The Labute approximate surface area is 199 Å². The van der Waals surface area contributed by atoms with Crippen LogP contribution in [0.2, 0.25) is 0 Å². The van der Waals surface area contributed by atoms with Crippen LogP contribution in [0.15, 0.2) is 49.1 Å². The summed E-state index contributed by atoms with van der Waals surface area (Å²) in [7, 11) is 1.57. The third-order valence-electron chi connectivity index (χ3n) is 5.99. The molecule has 10 heteroatoms. The number of hydrogen-bond acceptors (Lipinski definition) is 5. The number of methoxy groups -OCH3 is 1. The van der Waals surface area contributed by atoms with E-state index in [-0.39, 0.29) is 5.56 Å². The van der Waals surface area contributed by atoms with E-state index in [2.05, 4.69) is 20.1 Å². The molecule has 5 rings (SSSR count). The third-order valence-corrected chi connectivity index (χ3v) is 5.99. The van der Waals surface area contributed by atoms with Crippen LogP contribution in [0.25, 0.3) is 18.0 Å². The van der Waals surface area contributed by atoms with E-state index in [1.807, 2.05) is 19.2 Å². The van der Waals surface area contributed by atoms with Gasteiger partial charge in [-0.15, -0.1) is 0 Å². The van der Waals surface area contributed by atoms with Crippen molar-refractivity contribution in [3.63, 3.8) is 0 Å². The predicted octanol–water partition coefficient (Wildman–Crippen LogP) is 5.29. The maximum absolute atomic E-state index is 13.6. The summed E-state index contributed by atoms with van der Waals surface area (Å²) in [5.74, 6) is 1.71. The Balaban J connectivity index is 1.43. The van der Waals surface area contributed by atoms with E-state index in [0.29, 0.717) is 36.2 Å². The first-order chi connectivity index (χ1) is 16.8. The highest BCUT2D eigenvalue weighted by Crippen LogP contribution is 2.40. The number of benzene rings is 1. The summed E-state index contributed by atoms with van der Waals surface area (Å²) in [6.07, 6.45) is 5.65. The van der Waals surface area contributed by atoms with Gasteiger partial charge in [0.15, 0.2) is 17.4 Å². The summed E-state index contributed by atoms with van der Waals surface area (Å²) in [6, 6.07) is 7.55. The fourth-order valence-corrected chi connectivity index (χ4v) is 4.39. The fourth-order valence-electron chi connectivity index (χ4n) is 4.39. The van der Waals surface area contributed by atoms with Gasteiger partial charge in [0, 0.05) is 24.9 Å². The zero-order chi connectivity index (χ0) is 24.6. The van der Waals surface area contributed by atoms with E-state index in [1.54, 1.807) is 47.1 Å². The van der Waals surface area contributed by atoms with Crippen LogP contribution in [0.4, 0.5) is 13.2 Å². The van der Waals surface area contributed by atoms with Crippen molar-refractivity contribution in [1.82, 2.24) is 29.3 Å². The molecule has 4 heterocycles. The van der Waals surface area contributed by atoms with Crippen molar-refractivity contribution in [3.8, 4) is 11.6 Å². The van der Waals surface area contributed by atoms with Gasteiger partial charge in [0.1, 0.15) is 12.2 Å². The molecule has 0 unspecified atom stereocenters. The zero-order valence-electron chi connectivity index (χ0n) is 19.2. The van der Waals surface area contributed by atoms with Crippen LogP contribution in [0.1, 0.15) is 52.8 Å². The number of hydrogen-bond donors (Lipinski definition) is 0. The van der Waals surface area contributed by atoms with Gasteiger partial charge in [-0.2, -0.15) is 18.3 Å². The number of rotatable bonds is 5. The standard InChI is InChI=1S/C25H23F3N6O/c1-16-14-33(15-30-16)24-21(35-2)12-17(13-29-24)9-10-22-31-23-19(7-5-11-34(23)32-22)18-6-3-4-8-20(18)25(26,27)28/h3-4,6,8-10,12-15,19H,5,7,11H2,1-2H3/t19-/m1/s1.